The molecule has 0 aliphatic carbocycles. The van der Waals surface area contributed by atoms with E-state index in [2.05, 4.69) is 165 Å². The van der Waals surface area contributed by atoms with Gasteiger partial charge in [-0.1, -0.05) is 97.1 Å². The van der Waals surface area contributed by atoms with Crippen molar-refractivity contribution >= 4 is 65.4 Å². The van der Waals surface area contributed by atoms with Crippen LogP contribution in [0.5, 0.6) is 0 Å². The molecule has 0 atom stereocenters. The van der Waals surface area contributed by atoms with E-state index in [1.165, 1.54) is 21.8 Å². The first kappa shape index (κ1) is 30.7. The minimum Gasteiger partial charge on any atom is -0.309 e. The highest BCUT2D eigenvalue weighted by Crippen LogP contribution is 2.40. The van der Waals surface area contributed by atoms with E-state index in [0.717, 1.165) is 71.8 Å². The van der Waals surface area contributed by atoms with E-state index < -0.39 is 0 Å². The molecule has 0 fully saturated rings. The van der Waals surface area contributed by atoms with Gasteiger partial charge in [-0.15, -0.1) is 0 Å². The largest absolute Gasteiger partial charge is 0.309 e. The molecule has 0 saturated carbocycles. The predicted molar refractivity (Wildman–Crippen MR) is 224 cm³/mol. The highest BCUT2D eigenvalue weighted by molar-refractivity contribution is 6.13. The van der Waals surface area contributed by atoms with Crippen molar-refractivity contribution in [1.82, 2.24) is 13.7 Å². The molecule has 0 N–H and O–H groups in total. The second-order valence-electron chi connectivity index (χ2n) is 14.0. The lowest BCUT2D eigenvalue weighted by Crippen LogP contribution is -2.00. The Balaban J connectivity index is 1.13. The van der Waals surface area contributed by atoms with Gasteiger partial charge in [0.2, 0.25) is 0 Å². The van der Waals surface area contributed by atoms with E-state index >= 15 is 0 Å². The zero-order valence-electron chi connectivity index (χ0n) is 29.5. The maximum atomic E-state index is 10.2. The van der Waals surface area contributed by atoms with Gasteiger partial charge in [-0.3, -0.25) is 0 Å². The highest BCUT2D eigenvalue weighted by atomic mass is 15.0. The fraction of sp³-hybridized carbons (Fsp3) is 0. The van der Waals surface area contributed by atoms with Crippen LogP contribution < -0.4 is 0 Å². The first-order chi connectivity index (χ1) is 27.2. The average Bonchev–Trinajstić information content (AvgIpc) is 3.88. The molecule has 0 aliphatic heterocycles. The minimum atomic E-state index is 0.596. The molecule has 0 bridgehead atoms. The van der Waals surface area contributed by atoms with Crippen molar-refractivity contribution < 1.29 is 0 Å². The molecule has 0 aliphatic rings. The fourth-order valence-electron chi connectivity index (χ4n) is 8.70. The summed E-state index contributed by atoms with van der Waals surface area (Å²) in [5.41, 5.74) is 12.9. The Morgan fingerprint density at radius 2 is 0.782 bits per heavy atom. The topological polar surface area (TPSA) is 62.4 Å². The molecule has 3 heterocycles. The quantitative estimate of drug-likeness (QED) is 0.184. The molecule has 0 saturated heterocycles. The van der Waals surface area contributed by atoms with Crippen LogP contribution >= 0.6 is 0 Å². The van der Waals surface area contributed by atoms with E-state index in [1.54, 1.807) is 0 Å². The smallest absolute Gasteiger partial charge is 0.0992 e. The van der Waals surface area contributed by atoms with Crippen LogP contribution in [-0.4, -0.2) is 13.7 Å². The summed E-state index contributed by atoms with van der Waals surface area (Å²) < 4.78 is 6.93. The number of para-hydroxylation sites is 4. The summed E-state index contributed by atoms with van der Waals surface area (Å²) in [6, 6.07) is 66.0. The highest BCUT2D eigenvalue weighted by Gasteiger charge is 2.20. The molecule has 5 heteroatoms. The van der Waals surface area contributed by atoms with Gasteiger partial charge in [-0.2, -0.15) is 10.5 Å². The fourth-order valence-corrected chi connectivity index (χ4v) is 8.70. The van der Waals surface area contributed by atoms with Crippen molar-refractivity contribution in [3.63, 3.8) is 0 Å². The molecule has 3 aromatic heterocycles. The van der Waals surface area contributed by atoms with E-state index in [9.17, 15) is 10.5 Å². The van der Waals surface area contributed by atoms with Crippen LogP contribution in [0.1, 0.15) is 11.1 Å². The Labute approximate surface area is 316 Å². The monoisotopic (exact) mass is 699 g/mol. The van der Waals surface area contributed by atoms with Gasteiger partial charge in [0.1, 0.15) is 0 Å². The molecule has 8 aromatic carbocycles. The average molecular weight is 700 g/mol. The number of fused-ring (bicyclic) bond motifs is 9. The number of nitrogens with zero attached hydrogens (tertiary/aromatic N) is 5. The molecule has 11 aromatic rings. The molecule has 0 unspecified atom stereocenters. The van der Waals surface area contributed by atoms with Gasteiger partial charge in [-0.05, 0) is 84.4 Å². The Hall–Kier alpha value is -7.86. The zero-order chi connectivity index (χ0) is 36.6. The molecular weight excluding hydrogens is 671 g/mol. The number of nitriles is 2. The van der Waals surface area contributed by atoms with Gasteiger partial charge in [0.15, 0.2) is 0 Å². The molecule has 55 heavy (non-hydrogen) atoms. The van der Waals surface area contributed by atoms with Crippen molar-refractivity contribution in [2.75, 3.05) is 0 Å². The van der Waals surface area contributed by atoms with Crippen LogP contribution in [0.15, 0.2) is 176 Å². The summed E-state index contributed by atoms with van der Waals surface area (Å²) in [5.74, 6) is 0. The number of hydrogen-bond donors (Lipinski definition) is 0. The maximum Gasteiger partial charge on any atom is 0.0992 e. The first-order valence-electron chi connectivity index (χ1n) is 18.3. The lowest BCUT2D eigenvalue weighted by molar-refractivity contribution is 1.15. The van der Waals surface area contributed by atoms with Crippen LogP contribution in [-0.2, 0) is 0 Å². The Bertz CT molecular complexity index is 3400. The third-order valence-electron chi connectivity index (χ3n) is 11.1. The third-order valence-corrected chi connectivity index (χ3v) is 11.1. The van der Waals surface area contributed by atoms with Crippen LogP contribution in [0, 0.1) is 22.7 Å². The van der Waals surface area contributed by atoms with E-state index in [1.807, 2.05) is 36.4 Å². The summed E-state index contributed by atoms with van der Waals surface area (Å²) in [6.45, 7) is 0. The number of benzene rings is 8. The third kappa shape index (κ3) is 4.51. The maximum absolute atomic E-state index is 10.2. The zero-order valence-corrected chi connectivity index (χ0v) is 29.5. The summed E-state index contributed by atoms with van der Waals surface area (Å²) in [7, 11) is 0. The Morgan fingerprint density at radius 3 is 1.38 bits per heavy atom. The number of aromatic nitrogens is 3. The summed E-state index contributed by atoms with van der Waals surface area (Å²) >= 11 is 0. The van der Waals surface area contributed by atoms with Gasteiger partial charge in [0.05, 0.1) is 62.1 Å². The molecule has 0 radical (unpaired) electrons. The van der Waals surface area contributed by atoms with Crippen molar-refractivity contribution in [2.45, 2.75) is 0 Å². The molecule has 5 nitrogen and oxygen atoms in total. The Kier molecular flexibility index (Phi) is 6.61. The van der Waals surface area contributed by atoms with Crippen LogP contribution in [0.3, 0.4) is 0 Å². The predicted octanol–water partition coefficient (Wildman–Crippen LogP) is 12.4. The van der Waals surface area contributed by atoms with Gasteiger partial charge >= 0.3 is 0 Å². The lowest BCUT2D eigenvalue weighted by atomic mass is 10.0. The van der Waals surface area contributed by atoms with Gasteiger partial charge < -0.3 is 13.7 Å². The normalized spacial score (nSPS) is 11.6. The summed E-state index contributed by atoms with van der Waals surface area (Å²) in [5, 5.41) is 26.8. The number of hydrogen-bond acceptors (Lipinski definition) is 2. The second-order valence-corrected chi connectivity index (χ2v) is 14.0. The molecule has 254 valence electrons. The van der Waals surface area contributed by atoms with E-state index in [4.69, 9.17) is 0 Å². The standard InChI is InChI=1S/C50H29N5/c51-30-32-18-26-48-43(27-32)41-12-4-7-15-46(41)54(48)36-23-25-42-40-11-3-8-16-47(40)55(50(42)29-36)49-28-33(31-52)17-24-37(49)34-19-21-35(22-20-34)53-44-13-5-1-9-38(44)39-10-2-6-14-45(39)53/h1-29H. The van der Waals surface area contributed by atoms with Crippen molar-refractivity contribution in [3.05, 3.63) is 187 Å². The van der Waals surface area contributed by atoms with E-state index in [0.29, 0.717) is 11.1 Å². The molecular formula is C50H29N5. The van der Waals surface area contributed by atoms with Crippen LogP contribution in [0.2, 0.25) is 0 Å². The van der Waals surface area contributed by atoms with Gasteiger partial charge in [0, 0.05) is 49.3 Å². The lowest BCUT2D eigenvalue weighted by Gasteiger charge is -2.16. The summed E-state index contributed by atoms with van der Waals surface area (Å²) in [4.78, 5) is 0. The SMILES string of the molecule is N#Cc1ccc(-c2ccc(-n3c4ccccc4c4ccccc43)cc2)c(-n2c3ccccc3c3ccc(-n4c5ccccc5c5cc(C#N)ccc54)cc32)c1. The Morgan fingerprint density at radius 1 is 0.327 bits per heavy atom. The molecule has 0 amide bonds. The van der Waals surface area contributed by atoms with Gasteiger partial charge in [0.25, 0.3) is 0 Å². The van der Waals surface area contributed by atoms with Crippen LogP contribution in [0.25, 0.3) is 93.6 Å². The molecule has 11 rings (SSSR count). The van der Waals surface area contributed by atoms with Crippen molar-refractivity contribution in [1.29, 1.82) is 10.5 Å². The van der Waals surface area contributed by atoms with Crippen molar-refractivity contribution in [2.24, 2.45) is 0 Å². The van der Waals surface area contributed by atoms with Gasteiger partial charge in [-0.25, -0.2) is 0 Å². The summed E-state index contributed by atoms with van der Waals surface area (Å²) in [6.07, 6.45) is 0. The van der Waals surface area contributed by atoms with Crippen LogP contribution in [0.4, 0.5) is 0 Å². The second kappa shape index (κ2) is 11.8. The first-order valence-corrected chi connectivity index (χ1v) is 18.3. The van der Waals surface area contributed by atoms with E-state index in [-0.39, 0.29) is 0 Å². The minimum absolute atomic E-state index is 0.596. The van der Waals surface area contributed by atoms with Crippen molar-refractivity contribution in [3.8, 4) is 40.3 Å². The number of rotatable bonds is 4. The molecule has 0 spiro atoms.